The highest BCUT2D eigenvalue weighted by molar-refractivity contribution is 7.49. The lowest BCUT2D eigenvalue weighted by Crippen LogP contribution is -2.78. The summed E-state index contributed by atoms with van der Waals surface area (Å²) < 4.78 is 29.4. The third kappa shape index (κ3) is 1.09. The van der Waals surface area contributed by atoms with Crippen molar-refractivity contribution < 1.29 is 48.4 Å². The zero-order valence-corrected chi connectivity index (χ0v) is 8.98. The van der Waals surface area contributed by atoms with Gasteiger partial charge in [-0.15, -0.1) is 0 Å². The molecule has 17 heavy (non-hydrogen) atoms. The Morgan fingerprint density at radius 2 is 1.82 bits per heavy atom. The molecule has 0 amide bonds. The summed E-state index contributed by atoms with van der Waals surface area (Å²) in [5.41, 5.74) is 0. The SMILES string of the molecule is O=P12OC3(O)OC(CO)C(O)C(O)(O1)C3(O)O2. The van der Waals surface area contributed by atoms with Gasteiger partial charge in [0, 0.05) is 0 Å². The van der Waals surface area contributed by atoms with E-state index in [-0.39, 0.29) is 0 Å². The summed E-state index contributed by atoms with van der Waals surface area (Å²) in [7, 11) is -4.44. The first kappa shape index (κ1) is 11.9. The van der Waals surface area contributed by atoms with E-state index in [0.29, 0.717) is 0 Å². The molecule has 0 aromatic heterocycles. The predicted octanol–water partition coefficient (Wildman–Crippen LogP) is -3.05. The highest BCUT2D eigenvalue weighted by Crippen LogP contribution is 2.76. The first-order valence-electron chi connectivity index (χ1n) is 4.56. The molecule has 6 unspecified atom stereocenters. The Kier molecular flexibility index (Phi) is 2.03. The van der Waals surface area contributed by atoms with Crippen LogP contribution in [0.3, 0.4) is 0 Å². The molecule has 3 rings (SSSR count). The van der Waals surface area contributed by atoms with Crippen molar-refractivity contribution in [3.05, 3.63) is 0 Å². The second kappa shape index (κ2) is 2.89. The van der Waals surface area contributed by atoms with Crippen LogP contribution in [-0.2, 0) is 22.9 Å². The Morgan fingerprint density at radius 3 is 2.35 bits per heavy atom. The van der Waals surface area contributed by atoms with Gasteiger partial charge < -0.3 is 30.3 Å². The molecule has 98 valence electrons. The summed E-state index contributed by atoms with van der Waals surface area (Å²) >= 11 is 0. The van der Waals surface area contributed by atoms with E-state index in [2.05, 4.69) is 18.3 Å². The molecule has 3 saturated heterocycles. The molecule has 6 atom stereocenters. The van der Waals surface area contributed by atoms with Crippen molar-refractivity contribution in [1.29, 1.82) is 0 Å². The first-order chi connectivity index (χ1) is 7.70. The molecule has 0 saturated carbocycles. The lowest BCUT2D eigenvalue weighted by molar-refractivity contribution is -0.526. The standard InChI is InChI=1S/C6H9O10P/c7-1-2-3(8)4(9)5(10)6(11,13-2)16-17(12,14-4)15-5/h2-3,7-11H,1H2. The van der Waals surface area contributed by atoms with Crippen molar-refractivity contribution in [3.8, 4) is 0 Å². The number of fused-ring (bicyclic) bond motifs is 1. The summed E-state index contributed by atoms with van der Waals surface area (Å²) in [6, 6.07) is 0. The predicted molar refractivity (Wildman–Crippen MR) is 43.7 cm³/mol. The molecule has 3 aliphatic rings. The highest BCUT2D eigenvalue weighted by atomic mass is 31.2. The van der Waals surface area contributed by atoms with Crippen molar-refractivity contribution in [2.75, 3.05) is 6.61 Å². The first-order valence-corrected chi connectivity index (χ1v) is 6.02. The van der Waals surface area contributed by atoms with E-state index in [1.54, 1.807) is 0 Å². The summed E-state index contributed by atoms with van der Waals surface area (Å²) in [6.45, 7) is -0.821. The molecule has 0 spiro atoms. The largest absolute Gasteiger partial charge is 0.485 e. The van der Waals surface area contributed by atoms with E-state index >= 15 is 0 Å². The average molecular weight is 272 g/mol. The molecule has 5 N–H and O–H groups in total. The van der Waals surface area contributed by atoms with Gasteiger partial charge >= 0.3 is 19.6 Å². The molecule has 0 aliphatic carbocycles. The summed E-state index contributed by atoms with van der Waals surface area (Å²) in [5, 5.41) is 48.1. The number of hydrogen-bond donors (Lipinski definition) is 5. The molecule has 0 aromatic carbocycles. The number of aliphatic hydroxyl groups excluding tert-OH is 2. The van der Waals surface area contributed by atoms with E-state index in [1.165, 1.54) is 0 Å². The minimum atomic E-state index is -4.44. The molecule has 3 fully saturated rings. The van der Waals surface area contributed by atoms with Crippen LogP contribution in [0, 0.1) is 0 Å². The van der Waals surface area contributed by atoms with Gasteiger partial charge in [-0.25, -0.2) is 18.1 Å². The third-order valence-corrected chi connectivity index (χ3v) is 4.35. The van der Waals surface area contributed by atoms with Crippen LogP contribution < -0.4 is 0 Å². The molecule has 3 heterocycles. The summed E-state index contributed by atoms with van der Waals surface area (Å²) in [5.74, 6) is -9.00. The number of phosphoric ester groups is 1. The van der Waals surface area contributed by atoms with Gasteiger partial charge in [0.1, 0.15) is 12.2 Å². The molecular formula is C6H9O10P. The van der Waals surface area contributed by atoms with Gasteiger partial charge in [0.05, 0.1) is 6.61 Å². The van der Waals surface area contributed by atoms with Crippen molar-refractivity contribution in [2.45, 2.75) is 29.8 Å². The number of rotatable bonds is 1. The zero-order valence-electron chi connectivity index (χ0n) is 8.09. The van der Waals surface area contributed by atoms with E-state index in [4.69, 9.17) is 5.11 Å². The van der Waals surface area contributed by atoms with E-state index in [0.717, 1.165) is 0 Å². The molecule has 0 radical (unpaired) electrons. The second-order valence-corrected chi connectivity index (χ2v) is 5.37. The Morgan fingerprint density at radius 1 is 1.18 bits per heavy atom. The highest BCUT2D eigenvalue weighted by Gasteiger charge is 2.89. The Bertz CT molecular complexity index is 427. The topological polar surface area (TPSA) is 155 Å². The normalized spacial score (nSPS) is 65.2. The summed E-state index contributed by atoms with van der Waals surface area (Å²) in [4.78, 5) is 0. The van der Waals surface area contributed by atoms with Crippen LogP contribution in [-0.4, -0.2) is 61.9 Å². The van der Waals surface area contributed by atoms with Gasteiger partial charge in [-0.05, 0) is 0 Å². The van der Waals surface area contributed by atoms with Crippen LogP contribution in [0.15, 0.2) is 0 Å². The van der Waals surface area contributed by atoms with Crippen molar-refractivity contribution in [3.63, 3.8) is 0 Å². The van der Waals surface area contributed by atoms with E-state index in [1.807, 2.05) is 0 Å². The Hall–Kier alpha value is -0.130. The minimum absolute atomic E-state index is 0.821. The van der Waals surface area contributed by atoms with Crippen LogP contribution in [0.1, 0.15) is 0 Å². The smallest absolute Gasteiger partial charge is 0.394 e. The van der Waals surface area contributed by atoms with E-state index in [9.17, 15) is 25.0 Å². The molecule has 0 aromatic rings. The molecular weight excluding hydrogens is 263 g/mol. The lowest BCUT2D eigenvalue weighted by Gasteiger charge is -2.50. The van der Waals surface area contributed by atoms with Crippen LogP contribution >= 0.6 is 7.82 Å². The van der Waals surface area contributed by atoms with Crippen LogP contribution in [0.2, 0.25) is 0 Å². The summed E-state index contributed by atoms with van der Waals surface area (Å²) in [6.07, 6.45) is -3.53. The average Bonchev–Trinajstić information content (AvgIpc) is 2.54. The molecule has 2 bridgehead atoms. The second-order valence-electron chi connectivity index (χ2n) is 3.93. The minimum Gasteiger partial charge on any atom is -0.394 e. The van der Waals surface area contributed by atoms with Gasteiger partial charge in [-0.3, -0.25) is 0 Å². The van der Waals surface area contributed by atoms with Gasteiger partial charge in [0.2, 0.25) is 0 Å². The van der Waals surface area contributed by atoms with Crippen LogP contribution in [0.25, 0.3) is 0 Å². The van der Waals surface area contributed by atoms with Gasteiger partial charge in [0.25, 0.3) is 5.79 Å². The fraction of sp³-hybridized carbons (Fsp3) is 1.00. The number of ether oxygens (including phenoxy) is 1. The van der Waals surface area contributed by atoms with E-state index < -0.39 is 44.2 Å². The fourth-order valence-corrected chi connectivity index (χ4v) is 3.75. The monoisotopic (exact) mass is 272 g/mol. The maximum absolute atomic E-state index is 11.6. The zero-order chi connectivity index (χ0) is 12.7. The van der Waals surface area contributed by atoms with Gasteiger partial charge in [-0.1, -0.05) is 0 Å². The lowest BCUT2D eigenvalue weighted by atomic mass is 9.90. The van der Waals surface area contributed by atoms with Crippen molar-refractivity contribution >= 4 is 7.82 Å². The maximum Gasteiger partial charge on any atom is 0.485 e. The molecule has 3 aliphatic heterocycles. The van der Waals surface area contributed by atoms with Crippen molar-refractivity contribution in [1.82, 2.24) is 0 Å². The van der Waals surface area contributed by atoms with Gasteiger partial charge in [0.15, 0.2) is 0 Å². The number of phosphoric acid groups is 1. The fourth-order valence-electron chi connectivity index (χ4n) is 2.03. The Labute approximate surface area is 93.5 Å². The third-order valence-electron chi connectivity index (χ3n) is 2.89. The quantitative estimate of drug-likeness (QED) is 0.311. The molecule has 11 heteroatoms. The Balaban J connectivity index is 2.15. The molecule has 10 nitrogen and oxygen atoms in total. The maximum atomic E-state index is 11.6. The number of hydrogen-bond acceptors (Lipinski definition) is 10. The van der Waals surface area contributed by atoms with Crippen molar-refractivity contribution in [2.24, 2.45) is 0 Å². The van der Waals surface area contributed by atoms with Crippen LogP contribution in [0.4, 0.5) is 0 Å². The number of aliphatic hydroxyl groups is 5. The van der Waals surface area contributed by atoms with Crippen LogP contribution in [0.5, 0.6) is 0 Å². The van der Waals surface area contributed by atoms with Gasteiger partial charge in [-0.2, -0.15) is 0 Å².